The first-order chi connectivity index (χ1) is 16.3. The van der Waals surface area contributed by atoms with E-state index in [2.05, 4.69) is 5.32 Å². The second-order valence-electron chi connectivity index (χ2n) is 7.43. The van der Waals surface area contributed by atoms with E-state index < -0.39 is 28.5 Å². The van der Waals surface area contributed by atoms with Gasteiger partial charge in [-0.05, 0) is 36.4 Å². The Bertz CT molecular complexity index is 1360. The number of nitrogens with zero attached hydrogens (tertiary/aromatic N) is 2. The number of nitrogens with one attached hydrogen (secondary N) is 1. The summed E-state index contributed by atoms with van der Waals surface area (Å²) < 4.78 is 32.7. The van der Waals surface area contributed by atoms with Crippen LogP contribution in [0, 0.1) is 0 Å². The maximum absolute atomic E-state index is 13.2. The van der Waals surface area contributed by atoms with Crippen molar-refractivity contribution in [2.75, 3.05) is 34.7 Å². The van der Waals surface area contributed by atoms with E-state index in [0.29, 0.717) is 17.1 Å². The number of anilines is 3. The van der Waals surface area contributed by atoms with Crippen LogP contribution in [-0.4, -0.2) is 46.4 Å². The predicted molar refractivity (Wildman–Crippen MR) is 126 cm³/mol. The van der Waals surface area contributed by atoms with Crippen LogP contribution < -0.4 is 14.5 Å². The molecule has 0 atom stereocenters. The molecule has 174 valence electrons. The lowest BCUT2D eigenvalue weighted by Crippen LogP contribution is -2.44. The van der Waals surface area contributed by atoms with Gasteiger partial charge in [-0.15, -0.1) is 0 Å². The third-order valence-corrected chi connectivity index (χ3v) is 7.11. The van der Waals surface area contributed by atoms with E-state index in [9.17, 15) is 22.8 Å². The highest BCUT2D eigenvalue weighted by Crippen LogP contribution is 2.29. The quantitative estimate of drug-likeness (QED) is 0.544. The van der Waals surface area contributed by atoms with Gasteiger partial charge < -0.3 is 10.1 Å². The van der Waals surface area contributed by atoms with Gasteiger partial charge in [0.25, 0.3) is 15.9 Å². The van der Waals surface area contributed by atoms with Crippen LogP contribution >= 0.6 is 0 Å². The summed E-state index contributed by atoms with van der Waals surface area (Å²) in [6, 6.07) is 20.8. The van der Waals surface area contributed by atoms with Crippen molar-refractivity contribution in [1.82, 2.24) is 0 Å². The normalized spacial score (nSPS) is 13.0. The summed E-state index contributed by atoms with van der Waals surface area (Å²) in [6.07, 6.45) is 0. The molecule has 1 aliphatic heterocycles. The molecule has 10 heteroatoms. The Labute approximate surface area is 196 Å². The largest absolute Gasteiger partial charge is 0.452 e. The number of benzene rings is 3. The van der Waals surface area contributed by atoms with E-state index in [1.807, 2.05) is 0 Å². The van der Waals surface area contributed by atoms with Crippen molar-refractivity contribution in [3.8, 4) is 0 Å². The molecule has 4 rings (SSSR count). The highest BCUT2D eigenvalue weighted by atomic mass is 32.2. The minimum atomic E-state index is -4.09. The second-order valence-corrected chi connectivity index (χ2v) is 9.36. The number of rotatable bonds is 6. The first kappa shape index (κ1) is 23.0. The number of carbonyl (C=O) groups excluding carboxylic acids is 3. The highest BCUT2D eigenvalue weighted by molar-refractivity contribution is 7.92. The zero-order chi connectivity index (χ0) is 24.3. The zero-order valence-corrected chi connectivity index (χ0v) is 19.0. The van der Waals surface area contributed by atoms with Crippen LogP contribution in [0.2, 0.25) is 0 Å². The van der Waals surface area contributed by atoms with Crippen molar-refractivity contribution in [3.05, 3.63) is 84.4 Å². The molecule has 0 spiro atoms. The molecule has 0 aliphatic carbocycles. The van der Waals surface area contributed by atoms with E-state index in [-0.39, 0.29) is 22.9 Å². The topological polar surface area (TPSA) is 113 Å². The third kappa shape index (κ3) is 4.48. The van der Waals surface area contributed by atoms with Crippen LogP contribution in [-0.2, 0) is 24.3 Å². The molecule has 0 radical (unpaired) electrons. The number of carbonyl (C=O) groups is 3. The summed E-state index contributed by atoms with van der Waals surface area (Å²) in [5, 5.41) is 2.67. The zero-order valence-electron chi connectivity index (χ0n) is 18.2. The van der Waals surface area contributed by atoms with E-state index in [4.69, 9.17) is 4.74 Å². The van der Waals surface area contributed by atoms with E-state index in [1.54, 1.807) is 54.6 Å². The molecule has 1 aliphatic rings. The number of hydrogen-bond donors (Lipinski definition) is 1. The molecule has 0 bridgehead atoms. The van der Waals surface area contributed by atoms with E-state index in [1.165, 1.54) is 36.2 Å². The number of sulfonamides is 1. The Morgan fingerprint density at radius 3 is 2.38 bits per heavy atom. The Hall–Kier alpha value is -4.18. The smallest absolute Gasteiger partial charge is 0.340 e. The van der Waals surface area contributed by atoms with Crippen molar-refractivity contribution < 1.29 is 27.5 Å². The summed E-state index contributed by atoms with van der Waals surface area (Å²) >= 11 is 0. The summed E-state index contributed by atoms with van der Waals surface area (Å²) in [6.45, 7) is -0.885. The van der Waals surface area contributed by atoms with Gasteiger partial charge in [0.1, 0.15) is 11.4 Å². The third-order valence-electron chi connectivity index (χ3n) is 5.26. The van der Waals surface area contributed by atoms with Crippen LogP contribution in [0.1, 0.15) is 10.4 Å². The number of fused-ring (bicyclic) bond motifs is 1. The van der Waals surface area contributed by atoms with Crippen molar-refractivity contribution in [2.45, 2.75) is 4.90 Å². The van der Waals surface area contributed by atoms with Crippen LogP contribution in [0.3, 0.4) is 0 Å². The van der Waals surface area contributed by atoms with Gasteiger partial charge in [0.15, 0.2) is 6.61 Å². The van der Waals surface area contributed by atoms with Gasteiger partial charge in [-0.2, -0.15) is 0 Å². The molecule has 0 aromatic heterocycles. The van der Waals surface area contributed by atoms with Crippen LogP contribution in [0.4, 0.5) is 17.1 Å². The molecule has 0 saturated heterocycles. The number of amides is 2. The molecule has 0 saturated carbocycles. The van der Waals surface area contributed by atoms with Gasteiger partial charge in [0.2, 0.25) is 5.91 Å². The van der Waals surface area contributed by atoms with Crippen molar-refractivity contribution >= 4 is 44.9 Å². The van der Waals surface area contributed by atoms with Crippen LogP contribution in [0.5, 0.6) is 0 Å². The summed E-state index contributed by atoms with van der Waals surface area (Å²) in [5.74, 6) is -1.96. The van der Waals surface area contributed by atoms with Crippen molar-refractivity contribution in [2.24, 2.45) is 0 Å². The van der Waals surface area contributed by atoms with E-state index >= 15 is 0 Å². The summed E-state index contributed by atoms with van der Waals surface area (Å²) in [5.41, 5.74) is 1.17. The lowest BCUT2D eigenvalue weighted by Gasteiger charge is -2.28. The van der Waals surface area contributed by atoms with Crippen LogP contribution in [0.15, 0.2) is 83.8 Å². The van der Waals surface area contributed by atoms with Crippen LogP contribution in [0.25, 0.3) is 0 Å². The number of para-hydroxylation sites is 3. The minimum Gasteiger partial charge on any atom is -0.452 e. The lowest BCUT2D eigenvalue weighted by molar-refractivity contribution is -0.124. The Balaban J connectivity index is 1.53. The molecule has 1 N–H and O–H groups in total. The SMILES string of the molecule is CN(c1ccccc1)S(=O)(=O)c1ccccc1C(=O)OCC(=O)N1CC(=O)Nc2ccccc21. The number of ether oxygens (including phenoxy) is 1. The Morgan fingerprint density at radius 2 is 1.62 bits per heavy atom. The maximum Gasteiger partial charge on any atom is 0.340 e. The van der Waals surface area contributed by atoms with Gasteiger partial charge in [0, 0.05) is 7.05 Å². The maximum atomic E-state index is 13.2. The van der Waals surface area contributed by atoms with Crippen molar-refractivity contribution in [1.29, 1.82) is 0 Å². The second kappa shape index (κ2) is 9.36. The average Bonchev–Trinajstić information content (AvgIpc) is 2.86. The molecule has 1 heterocycles. The molecule has 0 fully saturated rings. The van der Waals surface area contributed by atoms with Gasteiger partial charge in [0.05, 0.1) is 22.6 Å². The van der Waals surface area contributed by atoms with E-state index in [0.717, 1.165) is 4.31 Å². The fourth-order valence-electron chi connectivity index (χ4n) is 3.52. The molecule has 34 heavy (non-hydrogen) atoms. The van der Waals surface area contributed by atoms with Gasteiger partial charge in [-0.3, -0.25) is 18.8 Å². The molecule has 3 aromatic carbocycles. The molecular weight excluding hydrogens is 458 g/mol. The van der Waals surface area contributed by atoms with Gasteiger partial charge in [-0.25, -0.2) is 13.2 Å². The average molecular weight is 480 g/mol. The first-order valence-corrected chi connectivity index (χ1v) is 11.7. The Kier molecular flexibility index (Phi) is 6.33. The standard InChI is InChI=1S/C24H21N3O6S/c1-26(17-9-3-2-4-10-17)34(31,32)21-14-8-5-11-18(21)24(30)33-16-23(29)27-15-22(28)25-19-12-6-7-13-20(19)27/h2-14H,15-16H2,1H3,(H,25,28). The predicted octanol–water partition coefficient (Wildman–Crippen LogP) is 2.65. The van der Waals surface area contributed by atoms with Gasteiger partial charge >= 0.3 is 5.97 Å². The Morgan fingerprint density at radius 1 is 0.971 bits per heavy atom. The fraction of sp³-hybridized carbons (Fsp3) is 0.125. The number of esters is 1. The highest BCUT2D eigenvalue weighted by Gasteiger charge is 2.30. The lowest BCUT2D eigenvalue weighted by atomic mass is 10.2. The number of hydrogen-bond acceptors (Lipinski definition) is 6. The molecule has 0 unspecified atom stereocenters. The first-order valence-electron chi connectivity index (χ1n) is 10.3. The summed E-state index contributed by atoms with van der Waals surface area (Å²) in [7, 11) is -2.71. The molecule has 9 nitrogen and oxygen atoms in total. The molecule has 2 amide bonds. The monoisotopic (exact) mass is 479 g/mol. The fourth-order valence-corrected chi connectivity index (χ4v) is 4.90. The van der Waals surface area contributed by atoms with Gasteiger partial charge in [-0.1, -0.05) is 42.5 Å². The molecule has 3 aromatic rings. The minimum absolute atomic E-state index is 0.199. The van der Waals surface area contributed by atoms with Crippen molar-refractivity contribution in [3.63, 3.8) is 0 Å². The summed E-state index contributed by atoms with van der Waals surface area (Å²) in [4.78, 5) is 38.5. The molecular formula is C24H21N3O6S.